The number of methoxy groups -OCH3 is 1. The third-order valence-electron chi connectivity index (χ3n) is 2.96. The second kappa shape index (κ2) is 5.36. The molecule has 0 amide bonds. The van der Waals surface area contributed by atoms with E-state index in [1.165, 1.54) is 19.2 Å². The Kier molecular flexibility index (Phi) is 3.79. The molecule has 2 nitrogen and oxygen atoms in total. The normalized spacial score (nSPS) is 10.4. The van der Waals surface area contributed by atoms with Gasteiger partial charge in [0.1, 0.15) is 5.75 Å². The summed E-state index contributed by atoms with van der Waals surface area (Å²) >= 11 is 0. The van der Waals surface area contributed by atoms with E-state index in [0.717, 1.165) is 12.1 Å². The van der Waals surface area contributed by atoms with Crippen molar-refractivity contribution in [2.75, 3.05) is 7.11 Å². The molecule has 0 saturated carbocycles. The van der Waals surface area contributed by atoms with E-state index >= 15 is 0 Å². The van der Waals surface area contributed by atoms with Crippen molar-refractivity contribution in [1.82, 2.24) is 0 Å². The van der Waals surface area contributed by atoms with Gasteiger partial charge in [-0.25, -0.2) is 13.2 Å². The average molecular weight is 280 g/mol. The maximum absolute atomic E-state index is 13.6. The molecular weight excluding hydrogens is 269 g/mol. The molecule has 0 fully saturated rings. The Balaban J connectivity index is 2.49. The molecule has 0 spiro atoms. The molecule has 0 atom stereocenters. The Labute approximate surface area is 113 Å². The lowest BCUT2D eigenvalue weighted by Crippen LogP contribution is -2.08. The molecule has 2 rings (SSSR count). The predicted octanol–water partition coefficient (Wildman–Crippen LogP) is 3.65. The molecule has 104 valence electrons. The fraction of sp³-hybridized carbons (Fsp3) is 0.133. The van der Waals surface area contributed by atoms with Gasteiger partial charge in [-0.05, 0) is 42.8 Å². The number of ketones is 1. The Hall–Kier alpha value is -2.30. The van der Waals surface area contributed by atoms with Gasteiger partial charge in [0.25, 0.3) is 0 Å². The number of rotatable bonds is 3. The Morgan fingerprint density at radius 2 is 1.65 bits per heavy atom. The van der Waals surface area contributed by atoms with Gasteiger partial charge in [-0.1, -0.05) is 0 Å². The molecule has 5 heteroatoms. The van der Waals surface area contributed by atoms with Crippen LogP contribution < -0.4 is 4.74 Å². The molecule has 0 aliphatic heterocycles. The van der Waals surface area contributed by atoms with E-state index in [-0.39, 0.29) is 5.56 Å². The molecule has 0 saturated heterocycles. The molecule has 0 aliphatic carbocycles. The van der Waals surface area contributed by atoms with Gasteiger partial charge in [-0.3, -0.25) is 4.79 Å². The smallest absolute Gasteiger partial charge is 0.196 e. The lowest BCUT2D eigenvalue weighted by atomic mass is 9.98. The number of carbonyl (C=O) groups is 1. The number of carbonyl (C=O) groups excluding carboxylic acids is 1. The van der Waals surface area contributed by atoms with Crippen LogP contribution >= 0.6 is 0 Å². The van der Waals surface area contributed by atoms with Crippen LogP contribution in [-0.2, 0) is 0 Å². The molecule has 20 heavy (non-hydrogen) atoms. The lowest BCUT2D eigenvalue weighted by Gasteiger charge is -2.08. The summed E-state index contributed by atoms with van der Waals surface area (Å²) in [6, 6.07) is 6.25. The topological polar surface area (TPSA) is 26.3 Å². The molecule has 2 aromatic rings. The minimum absolute atomic E-state index is 0.204. The first-order valence-electron chi connectivity index (χ1n) is 5.78. The van der Waals surface area contributed by atoms with Crippen molar-refractivity contribution in [1.29, 1.82) is 0 Å². The van der Waals surface area contributed by atoms with Gasteiger partial charge in [0.2, 0.25) is 0 Å². The lowest BCUT2D eigenvalue weighted by molar-refractivity contribution is 0.103. The Morgan fingerprint density at radius 1 is 1.00 bits per heavy atom. The van der Waals surface area contributed by atoms with Gasteiger partial charge >= 0.3 is 0 Å². The van der Waals surface area contributed by atoms with Crippen molar-refractivity contribution in [2.45, 2.75) is 6.92 Å². The molecule has 0 unspecified atom stereocenters. The van der Waals surface area contributed by atoms with Gasteiger partial charge in [-0.15, -0.1) is 0 Å². The van der Waals surface area contributed by atoms with Crippen molar-refractivity contribution < 1.29 is 22.7 Å². The largest absolute Gasteiger partial charge is 0.497 e. The Bertz CT molecular complexity index is 681. The second-order valence-corrected chi connectivity index (χ2v) is 4.23. The average Bonchev–Trinajstić information content (AvgIpc) is 2.44. The maximum Gasteiger partial charge on any atom is 0.196 e. The van der Waals surface area contributed by atoms with Crippen molar-refractivity contribution >= 4 is 5.78 Å². The minimum Gasteiger partial charge on any atom is -0.497 e. The van der Waals surface area contributed by atoms with Crippen molar-refractivity contribution in [3.63, 3.8) is 0 Å². The molecular formula is C15H11F3O2. The summed E-state index contributed by atoms with van der Waals surface area (Å²) in [5, 5.41) is 0. The van der Waals surface area contributed by atoms with Gasteiger partial charge in [0, 0.05) is 5.56 Å². The number of hydrogen-bond acceptors (Lipinski definition) is 2. The van der Waals surface area contributed by atoms with E-state index in [1.807, 2.05) is 0 Å². The van der Waals surface area contributed by atoms with Crippen LogP contribution in [0.15, 0.2) is 30.3 Å². The molecule has 0 heterocycles. The molecule has 0 radical (unpaired) electrons. The number of benzene rings is 2. The van der Waals surface area contributed by atoms with Crippen molar-refractivity contribution in [3.8, 4) is 5.75 Å². The van der Waals surface area contributed by atoms with E-state index in [9.17, 15) is 18.0 Å². The second-order valence-electron chi connectivity index (χ2n) is 4.23. The number of halogens is 3. The third kappa shape index (κ3) is 2.39. The Morgan fingerprint density at radius 3 is 2.25 bits per heavy atom. The maximum atomic E-state index is 13.6. The summed E-state index contributed by atoms with van der Waals surface area (Å²) in [7, 11) is 1.48. The first-order valence-corrected chi connectivity index (χ1v) is 5.78. The highest BCUT2D eigenvalue weighted by Crippen LogP contribution is 2.22. The van der Waals surface area contributed by atoms with Crippen LogP contribution in [0.25, 0.3) is 0 Å². The zero-order chi connectivity index (χ0) is 14.9. The summed E-state index contributed by atoms with van der Waals surface area (Å²) in [6.07, 6.45) is 0. The molecule has 0 aromatic heterocycles. The van der Waals surface area contributed by atoms with Crippen molar-refractivity contribution in [3.05, 3.63) is 64.5 Å². The highest BCUT2D eigenvalue weighted by atomic mass is 19.2. The zero-order valence-electron chi connectivity index (χ0n) is 10.8. The highest BCUT2D eigenvalue weighted by Gasteiger charge is 2.21. The summed E-state index contributed by atoms with van der Waals surface area (Å²) < 4.78 is 44.6. The van der Waals surface area contributed by atoms with Crippen LogP contribution in [-0.4, -0.2) is 12.9 Å². The first-order chi connectivity index (χ1) is 9.45. The fourth-order valence-corrected chi connectivity index (χ4v) is 1.86. The molecule has 0 bridgehead atoms. The van der Waals surface area contributed by atoms with Crippen LogP contribution in [0.3, 0.4) is 0 Å². The zero-order valence-corrected chi connectivity index (χ0v) is 10.8. The standard InChI is InChI=1S/C15H11F3O2/c1-8-7-9(20-2)3-4-10(8)15(19)11-5-6-12(16)14(18)13(11)17/h3-7H,1-2H3. The van der Waals surface area contributed by atoms with Crippen molar-refractivity contribution in [2.24, 2.45) is 0 Å². The summed E-state index contributed by atoms with van der Waals surface area (Å²) in [5.41, 5.74) is 0.256. The van der Waals surface area contributed by atoms with Gasteiger partial charge < -0.3 is 4.74 Å². The predicted molar refractivity (Wildman–Crippen MR) is 67.5 cm³/mol. The first kappa shape index (κ1) is 14.1. The fourth-order valence-electron chi connectivity index (χ4n) is 1.86. The van der Waals surface area contributed by atoms with E-state index < -0.39 is 28.8 Å². The quantitative estimate of drug-likeness (QED) is 0.633. The van der Waals surface area contributed by atoms with E-state index in [4.69, 9.17) is 4.74 Å². The molecule has 0 N–H and O–H groups in total. The van der Waals surface area contributed by atoms with E-state index in [1.54, 1.807) is 13.0 Å². The SMILES string of the molecule is COc1ccc(C(=O)c2ccc(F)c(F)c2F)c(C)c1. The monoisotopic (exact) mass is 280 g/mol. The van der Waals surface area contributed by atoms with Crippen LogP contribution in [0, 0.1) is 24.4 Å². The van der Waals surface area contributed by atoms with Crippen LogP contribution in [0.4, 0.5) is 13.2 Å². The minimum atomic E-state index is -1.65. The van der Waals surface area contributed by atoms with Gasteiger partial charge in [0.05, 0.1) is 12.7 Å². The van der Waals surface area contributed by atoms with Gasteiger partial charge in [0.15, 0.2) is 23.2 Å². The van der Waals surface area contributed by atoms with E-state index in [0.29, 0.717) is 11.3 Å². The number of hydrogen-bond donors (Lipinski definition) is 0. The highest BCUT2D eigenvalue weighted by molar-refractivity contribution is 6.10. The number of aryl methyl sites for hydroxylation is 1. The third-order valence-corrected chi connectivity index (χ3v) is 2.96. The molecule has 2 aromatic carbocycles. The summed E-state index contributed by atoms with van der Waals surface area (Å²) in [4.78, 5) is 12.2. The van der Waals surface area contributed by atoms with Gasteiger partial charge in [-0.2, -0.15) is 0 Å². The summed E-state index contributed by atoms with van der Waals surface area (Å²) in [5.74, 6) is -4.62. The van der Waals surface area contributed by atoms with Crippen LogP contribution in [0.2, 0.25) is 0 Å². The van der Waals surface area contributed by atoms with Crippen LogP contribution in [0.1, 0.15) is 21.5 Å². The number of ether oxygens (including phenoxy) is 1. The molecule has 0 aliphatic rings. The van der Waals surface area contributed by atoms with E-state index in [2.05, 4.69) is 0 Å². The van der Waals surface area contributed by atoms with Crippen LogP contribution in [0.5, 0.6) is 5.75 Å². The summed E-state index contributed by atoms with van der Waals surface area (Å²) in [6.45, 7) is 1.65.